The third-order valence-corrected chi connectivity index (χ3v) is 7.08. The molecule has 2 aliphatic heterocycles. The van der Waals surface area contributed by atoms with E-state index in [2.05, 4.69) is 20.8 Å². The highest BCUT2D eigenvalue weighted by Gasteiger charge is 2.37. The van der Waals surface area contributed by atoms with Crippen molar-refractivity contribution in [1.29, 1.82) is 0 Å². The van der Waals surface area contributed by atoms with Crippen molar-refractivity contribution >= 4 is 56.5 Å². The molecule has 2 saturated heterocycles. The molecule has 0 aliphatic carbocycles. The standard InChI is InChI=1S/C24H24BrN3O5S/c1-2-33-19-13-16(12-18(25)22(19)30)14-20-23(31)28(24(32)34-20)15-21(29)27-10-8-26(9-11-27)17-6-4-3-5-7-17/h3-7,12-14,30H,2,8-11,15H2,1H3/b20-14+. The Morgan fingerprint density at radius 2 is 1.85 bits per heavy atom. The SMILES string of the molecule is CCOc1cc(/C=C2/SC(=O)N(CC(=O)N3CCN(c4ccccc4)CC3)C2=O)cc(Br)c1O. The van der Waals surface area contributed by atoms with E-state index in [1.807, 2.05) is 30.3 Å². The van der Waals surface area contributed by atoms with Crippen LogP contribution in [0.4, 0.5) is 10.5 Å². The number of halogens is 1. The molecule has 2 aromatic rings. The zero-order valence-electron chi connectivity index (χ0n) is 18.6. The lowest BCUT2D eigenvalue weighted by molar-refractivity contribution is -0.136. The number of anilines is 1. The first-order chi connectivity index (χ1) is 16.4. The van der Waals surface area contributed by atoms with Crippen LogP contribution in [0, 0.1) is 0 Å². The summed E-state index contributed by atoms with van der Waals surface area (Å²) in [5, 5.41) is 9.61. The largest absolute Gasteiger partial charge is 0.503 e. The smallest absolute Gasteiger partial charge is 0.294 e. The van der Waals surface area contributed by atoms with Crippen molar-refractivity contribution < 1.29 is 24.2 Å². The van der Waals surface area contributed by atoms with Crippen LogP contribution in [0.2, 0.25) is 0 Å². The summed E-state index contributed by atoms with van der Waals surface area (Å²) in [4.78, 5) is 43.3. The van der Waals surface area contributed by atoms with E-state index in [1.165, 1.54) is 0 Å². The number of phenolic OH excluding ortho intramolecular Hbond substituents is 1. The molecule has 0 aromatic heterocycles. The van der Waals surface area contributed by atoms with Crippen LogP contribution >= 0.6 is 27.7 Å². The fourth-order valence-corrected chi connectivity index (χ4v) is 5.12. The molecule has 178 valence electrons. The molecule has 2 aromatic carbocycles. The number of carbonyl (C=O) groups is 3. The summed E-state index contributed by atoms with van der Waals surface area (Å²) in [6, 6.07) is 13.2. The normalized spacial score (nSPS) is 17.6. The Hall–Kier alpha value is -2.98. The van der Waals surface area contributed by atoms with Crippen molar-refractivity contribution in [2.24, 2.45) is 0 Å². The van der Waals surface area contributed by atoms with Crippen molar-refractivity contribution in [3.05, 3.63) is 57.4 Å². The molecule has 10 heteroatoms. The van der Waals surface area contributed by atoms with Crippen LogP contribution in [-0.2, 0) is 9.59 Å². The molecule has 1 N–H and O–H groups in total. The number of ether oxygens (including phenoxy) is 1. The van der Waals surface area contributed by atoms with Gasteiger partial charge in [-0.05, 0) is 70.5 Å². The minimum atomic E-state index is -0.506. The number of piperazine rings is 1. The second-order valence-corrected chi connectivity index (χ2v) is 9.60. The molecular weight excluding hydrogens is 522 g/mol. The van der Waals surface area contributed by atoms with E-state index in [0.717, 1.165) is 22.3 Å². The fraction of sp³-hybridized carbons (Fsp3) is 0.292. The molecule has 2 aliphatic rings. The molecule has 2 heterocycles. The predicted molar refractivity (Wildman–Crippen MR) is 135 cm³/mol. The maximum atomic E-state index is 12.9. The molecule has 8 nitrogen and oxygen atoms in total. The highest BCUT2D eigenvalue weighted by atomic mass is 79.9. The minimum absolute atomic E-state index is 0.0370. The van der Waals surface area contributed by atoms with Crippen LogP contribution in [0.25, 0.3) is 6.08 Å². The van der Waals surface area contributed by atoms with Gasteiger partial charge >= 0.3 is 0 Å². The number of nitrogens with zero attached hydrogens (tertiary/aromatic N) is 3. The zero-order chi connectivity index (χ0) is 24.2. The van der Waals surface area contributed by atoms with Crippen LogP contribution in [0.1, 0.15) is 12.5 Å². The number of para-hydroxylation sites is 1. The Balaban J connectivity index is 1.40. The van der Waals surface area contributed by atoms with E-state index >= 15 is 0 Å². The molecule has 0 radical (unpaired) electrons. The molecule has 2 fully saturated rings. The Morgan fingerprint density at radius 1 is 1.15 bits per heavy atom. The number of thioether (sulfide) groups is 1. The number of hydrogen-bond donors (Lipinski definition) is 1. The third kappa shape index (κ3) is 5.23. The van der Waals surface area contributed by atoms with Crippen molar-refractivity contribution in [2.45, 2.75) is 6.92 Å². The summed E-state index contributed by atoms with van der Waals surface area (Å²) in [5.74, 6) is -0.520. The van der Waals surface area contributed by atoms with E-state index in [9.17, 15) is 19.5 Å². The van der Waals surface area contributed by atoms with Gasteiger partial charge in [-0.15, -0.1) is 0 Å². The number of carbonyl (C=O) groups excluding carboxylic acids is 3. The first-order valence-electron chi connectivity index (χ1n) is 10.9. The summed E-state index contributed by atoms with van der Waals surface area (Å²) in [6.07, 6.45) is 1.56. The molecule has 0 bridgehead atoms. The second kappa shape index (κ2) is 10.5. The van der Waals surface area contributed by atoms with Crippen LogP contribution in [0.5, 0.6) is 11.5 Å². The van der Waals surface area contributed by atoms with Gasteiger partial charge in [0.2, 0.25) is 5.91 Å². The van der Waals surface area contributed by atoms with Crippen LogP contribution in [0.3, 0.4) is 0 Å². The van der Waals surface area contributed by atoms with Gasteiger partial charge in [-0.1, -0.05) is 18.2 Å². The van der Waals surface area contributed by atoms with Crippen molar-refractivity contribution in [3.63, 3.8) is 0 Å². The number of rotatable bonds is 6. The van der Waals surface area contributed by atoms with E-state index < -0.39 is 11.1 Å². The van der Waals surface area contributed by atoms with Gasteiger partial charge in [-0.3, -0.25) is 19.3 Å². The lowest BCUT2D eigenvalue weighted by Gasteiger charge is -2.36. The van der Waals surface area contributed by atoms with Crippen molar-refractivity contribution in [3.8, 4) is 11.5 Å². The number of imide groups is 1. The van der Waals surface area contributed by atoms with Gasteiger partial charge in [0.1, 0.15) is 6.54 Å². The summed E-state index contributed by atoms with van der Waals surface area (Å²) in [6.45, 7) is 4.32. The number of aromatic hydroxyl groups is 1. The quantitative estimate of drug-likeness (QED) is 0.549. The molecule has 4 rings (SSSR count). The maximum Gasteiger partial charge on any atom is 0.294 e. The average Bonchev–Trinajstić information content (AvgIpc) is 3.10. The van der Waals surface area contributed by atoms with Gasteiger partial charge in [0.25, 0.3) is 11.1 Å². The lowest BCUT2D eigenvalue weighted by Crippen LogP contribution is -2.51. The van der Waals surface area contributed by atoms with Gasteiger partial charge in [0, 0.05) is 31.9 Å². The summed E-state index contributed by atoms with van der Waals surface area (Å²) in [7, 11) is 0. The van der Waals surface area contributed by atoms with Gasteiger partial charge in [0.15, 0.2) is 11.5 Å². The van der Waals surface area contributed by atoms with E-state index in [0.29, 0.717) is 42.8 Å². The van der Waals surface area contributed by atoms with Gasteiger partial charge in [-0.25, -0.2) is 0 Å². The zero-order valence-corrected chi connectivity index (χ0v) is 21.0. The Morgan fingerprint density at radius 3 is 2.53 bits per heavy atom. The van der Waals surface area contributed by atoms with Crippen molar-refractivity contribution in [2.75, 3.05) is 44.2 Å². The number of hydrogen-bond acceptors (Lipinski definition) is 7. The molecule has 0 spiro atoms. The van der Waals surface area contributed by atoms with E-state index in [1.54, 1.807) is 30.0 Å². The lowest BCUT2D eigenvalue weighted by atomic mass is 10.2. The molecule has 3 amide bonds. The van der Waals surface area contributed by atoms with E-state index in [4.69, 9.17) is 4.74 Å². The fourth-order valence-electron chi connectivity index (χ4n) is 3.82. The second-order valence-electron chi connectivity index (χ2n) is 7.75. The number of phenols is 1. The van der Waals surface area contributed by atoms with Crippen LogP contribution in [0.15, 0.2) is 51.8 Å². The number of amides is 3. The minimum Gasteiger partial charge on any atom is -0.503 e. The Bertz CT molecular complexity index is 1130. The summed E-state index contributed by atoms with van der Waals surface area (Å²) >= 11 is 4.06. The van der Waals surface area contributed by atoms with Gasteiger partial charge in [-0.2, -0.15) is 0 Å². The molecule has 0 saturated carbocycles. The highest BCUT2D eigenvalue weighted by Crippen LogP contribution is 2.38. The molecular formula is C24H24BrN3O5S. The first kappa shape index (κ1) is 24.2. The highest BCUT2D eigenvalue weighted by molar-refractivity contribution is 9.10. The van der Waals surface area contributed by atoms with Crippen LogP contribution < -0.4 is 9.64 Å². The summed E-state index contributed by atoms with van der Waals surface area (Å²) < 4.78 is 5.83. The molecule has 0 unspecified atom stereocenters. The maximum absolute atomic E-state index is 12.9. The predicted octanol–water partition coefficient (Wildman–Crippen LogP) is 3.94. The number of benzene rings is 2. The average molecular weight is 546 g/mol. The van der Waals surface area contributed by atoms with Gasteiger partial charge in [0.05, 0.1) is 16.0 Å². The first-order valence-corrected chi connectivity index (χ1v) is 12.5. The summed E-state index contributed by atoms with van der Waals surface area (Å²) in [5.41, 5.74) is 1.70. The van der Waals surface area contributed by atoms with Crippen LogP contribution in [-0.4, -0.2) is 71.3 Å². The van der Waals surface area contributed by atoms with E-state index in [-0.39, 0.29) is 28.9 Å². The monoisotopic (exact) mass is 545 g/mol. The topological polar surface area (TPSA) is 90.4 Å². The third-order valence-electron chi connectivity index (χ3n) is 5.57. The Labute approximate surface area is 210 Å². The van der Waals surface area contributed by atoms with Crippen molar-refractivity contribution in [1.82, 2.24) is 9.80 Å². The Kier molecular flexibility index (Phi) is 7.47. The van der Waals surface area contributed by atoms with Gasteiger partial charge < -0.3 is 19.6 Å². The molecule has 34 heavy (non-hydrogen) atoms. The molecule has 0 atom stereocenters.